The molecule has 0 bridgehead atoms. The predicted molar refractivity (Wildman–Crippen MR) is 152 cm³/mol. The lowest BCUT2D eigenvalue weighted by Crippen LogP contribution is -2.21. The maximum Gasteiger partial charge on any atom is 0.319 e. The van der Waals surface area contributed by atoms with Gasteiger partial charge in [0.15, 0.2) is 6.61 Å². The van der Waals surface area contributed by atoms with Gasteiger partial charge in [-0.3, -0.25) is 9.78 Å². The molecule has 4 aromatic rings. The van der Waals surface area contributed by atoms with Gasteiger partial charge >= 0.3 is 5.97 Å². The van der Waals surface area contributed by atoms with E-state index in [-0.39, 0.29) is 11.2 Å². The number of methoxy groups -OCH3 is 1. The van der Waals surface area contributed by atoms with Crippen LogP contribution in [0.5, 0.6) is 5.75 Å². The molecule has 0 N–H and O–H groups in total. The summed E-state index contributed by atoms with van der Waals surface area (Å²) in [5.41, 5.74) is 4.79. The number of rotatable bonds is 12. The van der Waals surface area contributed by atoms with E-state index in [1.54, 1.807) is 6.20 Å². The summed E-state index contributed by atoms with van der Waals surface area (Å²) >= 11 is 1.50. The van der Waals surface area contributed by atoms with Crippen LogP contribution in [-0.2, 0) is 20.8 Å². The molecule has 1 aromatic heterocycles. The number of ether oxygens (including phenoxy) is 2. The Morgan fingerprint density at radius 2 is 1.63 bits per heavy atom. The molecule has 6 nitrogen and oxygen atoms in total. The summed E-state index contributed by atoms with van der Waals surface area (Å²) in [6, 6.07) is 31.5. The van der Waals surface area contributed by atoms with Gasteiger partial charge in [-0.1, -0.05) is 65.8 Å². The zero-order valence-electron chi connectivity index (χ0n) is 21.4. The molecule has 0 aliphatic heterocycles. The normalized spacial score (nSPS) is 12.0. The Labute approximate surface area is 227 Å². The van der Waals surface area contributed by atoms with Gasteiger partial charge in [0.05, 0.1) is 18.5 Å². The Morgan fingerprint density at radius 1 is 0.895 bits per heavy atom. The number of thioether (sulfide) groups is 1. The van der Waals surface area contributed by atoms with Crippen LogP contribution < -0.4 is 4.74 Å². The SMILES string of the molecule is COC(=O)C(Cc1ccc(OCCO/N=C(/C)c2ccc(-c3ccccn3)cc2)cc1)Sc1ccccc1. The van der Waals surface area contributed by atoms with Gasteiger partial charge in [0.25, 0.3) is 0 Å². The van der Waals surface area contributed by atoms with Crippen LogP contribution in [0.15, 0.2) is 113 Å². The van der Waals surface area contributed by atoms with Crippen LogP contribution in [0.3, 0.4) is 0 Å². The third kappa shape index (κ3) is 7.95. The predicted octanol–water partition coefficient (Wildman–Crippen LogP) is 6.44. The number of hydrogen-bond donors (Lipinski definition) is 0. The number of carbonyl (C=O) groups is 1. The van der Waals surface area contributed by atoms with Gasteiger partial charge in [-0.25, -0.2) is 0 Å². The fourth-order valence-corrected chi connectivity index (χ4v) is 4.82. The molecule has 38 heavy (non-hydrogen) atoms. The highest BCUT2D eigenvalue weighted by Crippen LogP contribution is 2.27. The van der Waals surface area contributed by atoms with Crippen LogP contribution >= 0.6 is 11.8 Å². The van der Waals surface area contributed by atoms with E-state index in [0.29, 0.717) is 19.6 Å². The first-order chi connectivity index (χ1) is 18.6. The first kappa shape index (κ1) is 26.9. The standard InChI is InChI=1S/C31H30N2O4S/c1-23(25-13-15-26(16-14-25)29-10-6-7-19-32-29)33-37-21-20-36-27-17-11-24(12-18-27)22-30(31(34)35-2)38-28-8-4-3-5-9-28/h3-19,30H,20-22H2,1-2H3/b33-23-. The summed E-state index contributed by atoms with van der Waals surface area (Å²) in [5, 5.41) is 3.88. The lowest BCUT2D eigenvalue weighted by molar-refractivity contribution is -0.139. The summed E-state index contributed by atoms with van der Waals surface area (Å²) in [6.07, 6.45) is 2.35. The molecule has 0 saturated heterocycles. The molecule has 0 amide bonds. The van der Waals surface area contributed by atoms with E-state index in [1.807, 2.05) is 104 Å². The second-order valence-electron chi connectivity index (χ2n) is 8.44. The highest BCUT2D eigenvalue weighted by molar-refractivity contribution is 8.00. The van der Waals surface area contributed by atoms with E-state index >= 15 is 0 Å². The highest BCUT2D eigenvalue weighted by Gasteiger charge is 2.21. The molecule has 0 saturated carbocycles. The summed E-state index contributed by atoms with van der Waals surface area (Å²) in [5.74, 6) is 0.491. The number of hydrogen-bond acceptors (Lipinski definition) is 7. The van der Waals surface area contributed by atoms with Gasteiger partial charge in [-0.05, 0) is 60.9 Å². The van der Waals surface area contributed by atoms with Crippen LogP contribution in [0.1, 0.15) is 18.1 Å². The fourth-order valence-electron chi connectivity index (χ4n) is 3.71. The number of oxime groups is 1. The van der Waals surface area contributed by atoms with Crippen molar-refractivity contribution in [2.45, 2.75) is 23.5 Å². The van der Waals surface area contributed by atoms with E-state index in [9.17, 15) is 4.79 Å². The van der Waals surface area contributed by atoms with Crippen molar-refractivity contribution in [2.75, 3.05) is 20.3 Å². The van der Waals surface area contributed by atoms with Crippen LogP contribution in [0.2, 0.25) is 0 Å². The summed E-state index contributed by atoms with van der Waals surface area (Å²) in [7, 11) is 1.42. The van der Waals surface area contributed by atoms with Crippen molar-refractivity contribution in [2.24, 2.45) is 5.16 Å². The third-order valence-electron chi connectivity index (χ3n) is 5.74. The molecule has 7 heteroatoms. The zero-order chi connectivity index (χ0) is 26.6. The minimum absolute atomic E-state index is 0.240. The smallest absolute Gasteiger partial charge is 0.319 e. The molecule has 0 spiro atoms. The van der Waals surface area contributed by atoms with Crippen molar-refractivity contribution in [1.29, 1.82) is 0 Å². The first-order valence-electron chi connectivity index (χ1n) is 12.3. The van der Waals surface area contributed by atoms with E-state index in [2.05, 4.69) is 10.1 Å². The molecule has 0 aliphatic rings. The van der Waals surface area contributed by atoms with E-state index < -0.39 is 0 Å². The number of benzene rings is 3. The molecule has 1 atom stereocenters. The van der Waals surface area contributed by atoms with Gasteiger partial charge in [-0.2, -0.15) is 0 Å². The summed E-state index contributed by atoms with van der Waals surface area (Å²) < 4.78 is 10.8. The molecule has 1 unspecified atom stereocenters. The maximum absolute atomic E-state index is 12.3. The second kappa shape index (κ2) is 14.0. The molecule has 1 heterocycles. The van der Waals surface area contributed by atoms with Crippen molar-refractivity contribution < 1.29 is 19.1 Å². The molecular formula is C31H30N2O4S. The van der Waals surface area contributed by atoms with Crippen LogP contribution in [0.25, 0.3) is 11.3 Å². The maximum atomic E-state index is 12.3. The highest BCUT2D eigenvalue weighted by atomic mass is 32.2. The van der Waals surface area contributed by atoms with Crippen LogP contribution in [-0.4, -0.2) is 42.2 Å². The Morgan fingerprint density at radius 3 is 2.32 bits per heavy atom. The number of aromatic nitrogens is 1. The first-order valence-corrected chi connectivity index (χ1v) is 13.2. The molecule has 194 valence electrons. The summed E-state index contributed by atoms with van der Waals surface area (Å²) in [4.78, 5) is 23.2. The second-order valence-corrected chi connectivity index (χ2v) is 9.72. The van der Waals surface area contributed by atoms with Crippen molar-refractivity contribution in [3.63, 3.8) is 0 Å². The Balaban J connectivity index is 1.22. The van der Waals surface area contributed by atoms with Gasteiger partial charge < -0.3 is 14.3 Å². The van der Waals surface area contributed by atoms with Crippen LogP contribution in [0.4, 0.5) is 0 Å². The summed E-state index contributed by atoms with van der Waals surface area (Å²) in [6.45, 7) is 2.60. The molecule has 0 radical (unpaired) electrons. The van der Waals surface area contributed by atoms with E-state index in [1.165, 1.54) is 18.9 Å². The van der Waals surface area contributed by atoms with Gasteiger partial charge in [0, 0.05) is 16.7 Å². The molecule has 0 aliphatic carbocycles. The van der Waals surface area contributed by atoms with E-state index in [4.69, 9.17) is 14.3 Å². The third-order valence-corrected chi connectivity index (χ3v) is 6.93. The van der Waals surface area contributed by atoms with Gasteiger partial charge in [0.1, 0.15) is 17.6 Å². The van der Waals surface area contributed by atoms with Crippen LogP contribution in [0, 0.1) is 0 Å². The number of esters is 1. The lowest BCUT2D eigenvalue weighted by Gasteiger charge is -2.15. The van der Waals surface area contributed by atoms with Gasteiger partial charge in [-0.15, -0.1) is 11.8 Å². The Kier molecular flexibility index (Phi) is 9.93. The average Bonchev–Trinajstić information content (AvgIpc) is 2.98. The van der Waals surface area contributed by atoms with E-state index in [0.717, 1.165) is 38.7 Å². The number of nitrogens with zero attached hydrogens (tertiary/aromatic N) is 2. The quantitative estimate of drug-likeness (QED) is 0.0695. The van der Waals surface area contributed by atoms with Crippen molar-refractivity contribution >= 4 is 23.4 Å². The number of pyridine rings is 1. The van der Waals surface area contributed by atoms with Crippen molar-refractivity contribution in [3.05, 3.63) is 114 Å². The van der Waals surface area contributed by atoms with Gasteiger partial charge in [0.2, 0.25) is 0 Å². The lowest BCUT2D eigenvalue weighted by atomic mass is 10.1. The minimum atomic E-state index is -0.324. The number of carbonyl (C=O) groups excluding carboxylic acids is 1. The topological polar surface area (TPSA) is 70.0 Å². The molecular weight excluding hydrogens is 496 g/mol. The minimum Gasteiger partial charge on any atom is -0.490 e. The van der Waals surface area contributed by atoms with Crippen molar-refractivity contribution in [3.8, 4) is 17.0 Å². The molecule has 3 aromatic carbocycles. The fraction of sp³-hybridized carbons (Fsp3) is 0.194. The average molecular weight is 527 g/mol. The molecule has 0 fully saturated rings. The molecule has 4 rings (SSSR count). The largest absolute Gasteiger partial charge is 0.490 e. The monoisotopic (exact) mass is 526 g/mol. The van der Waals surface area contributed by atoms with Crippen molar-refractivity contribution in [1.82, 2.24) is 4.98 Å². The Hall–Kier alpha value is -4.10. The Bertz CT molecular complexity index is 1310. The zero-order valence-corrected chi connectivity index (χ0v) is 22.3.